The summed E-state index contributed by atoms with van der Waals surface area (Å²) < 4.78 is 0. The molecule has 0 aromatic heterocycles. The fraction of sp³-hybridized carbons (Fsp3) is 0. The Bertz CT molecular complexity index is 506. The molecule has 1 aromatic carbocycles. The fourth-order valence-electron chi connectivity index (χ4n) is 1.06. The van der Waals surface area contributed by atoms with Gasteiger partial charge in [0, 0.05) is 0 Å². The highest BCUT2D eigenvalue weighted by Gasteiger charge is 2.06. The van der Waals surface area contributed by atoms with Crippen molar-refractivity contribution >= 4 is 35.1 Å². The van der Waals surface area contributed by atoms with Crippen molar-refractivity contribution in [2.75, 3.05) is 0 Å². The highest BCUT2D eigenvalue weighted by atomic mass is 35.5. The van der Waals surface area contributed by atoms with Crippen LogP contribution in [-0.2, 0) is 0 Å². The molecule has 0 bridgehead atoms. The van der Waals surface area contributed by atoms with Crippen LogP contribution in [0.5, 0.6) is 0 Å². The number of guanidine groups is 2. The van der Waals surface area contributed by atoms with Crippen LogP contribution in [0, 0.1) is 0 Å². The van der Waals surface area contributed by atoms with E-state index in [4.69, 9.17) is 34.5 Å². The summed E-state index contributed by atoms with van der Waals surface area (Å²) in [5.74, 6) is -0.943. The van der Waals surface area contributed by atoms with Crippen LogP contribution in [0.15, 0.2) is 28.2 Å². The number of primary amides is 1. The summed E-state index contributed by atoms with van der Waals surface area (Å²) in [5, 5.41) is 0.177. The van der Waals surface area contributed by atoms with Crippen molar-refractivity contribution in [1.29, 1.82) is 0 Å². The van der Waals surface area contributed by atoms with Crippen molar-refractivity contribution in [1.82, 2.24) is 0 Å². The van der Waals surface area contributed by atoms with Gasteiger partial charge in [0.15, 0.2) is 5.96 Å². The van der Waals surface area contributed by atoms with Crippen LogP contribution in [0.25, 0.3) is 0 Å². The summed E-state index contributed by atoms with van der Waals surface area (Å²) in [7, 11) is 0. The topological polar surface area (TPSA) is 146 Å². The molecule has 8 heteroatoms. The fourth-order valence-corrected chi connectivity index (χ4v) is 1.33. The van der Waals surface area contributed by atoms with Crippen molar-refractivity contribution in [2.24, 2.45) is 32.9 Å². The lowest BCUT2D eigenvalue weighted by atomic mass is 10.2. The number of benzene rings is 1. The first kappa shape index (κ1) is 12.8. The molecule has 0 aliphatic rings. The molecule has 0 fully saturated rings. The highest BCUT2D eigenvalue weighted by molar-refractivity contribution is 6.34. The Morgan fingerprint density at radius 3 is 2.29 bits per heavy atom. The number of nitrogens with two attached hydrogens (primary N) is 4. The van der Waals surface area contributed by atoms with Gasteiger partial charge < -0.3 is 22.9 Å². The van der Waals surface area contributed by atoms with Gasteiger partial charge in [-0.25, -0.2) is 4.99 Å². The molecular formula is C9H11ClN6O. The van der Waals surface area contributed by atoms with Gasteiger partial charge in [-0.1, -0.05) is 11.6 Å². The van der Waals surface area contributed by atoms with Gasteiger partial charge in [0.25, 0.3) is 0 Å². The smallest absolute Gasteiger partial charge is 0.250 e. The average molecular weight is 255 g/mol. The van der Waals surface area contributed by atoms with E-state index in [2.05, 4.69) is 9.98 Å². The number of hydrogen-bond donors (Lipinski definition) is 4. The van der Waals surface area contributed by atoms with Gasteiger partial charge in [0.2, 0.25) is 11.9 Å². The first-order valence-corrected chi connectivity index (χ1v) is 4.81. The quantitative estimate of drug-likeness (QED) is 0.422. The Morgan fingerprint density at radius 1 is 1.18 bits per heavy atom. The Labute approximate surface area is 102 Å². The van der Waals surface area contributed by atoms with Crippen LogP contribution >= 0.6 is 11.6 Å². The van der Waals surface area contributed by atoms with Gasteiger partial charge in [-0.05, 0) is 18.2 Å². The molecular weight excluding hydrogens is 244 g/mol. The molecule has 1 rings (SSSR count). The van der Waals surface area contributed by atoms with E-state index >= 15 is 0 Å². The molecule has 1 amide bonds. The van der Waals surface area contributed by atoms with E-state index in [1.807, 2.05) is 0 Å². The molecule has 0 saturated heterocycles. The summed E-state index contributed by atoms with van der Waals surface area (Å²) >= 11 is 5.82. The Balaban J connectivity index is 3.07. The normalized spacial score (nSPS) is 11.0. The van der Waals surface area contributed by atoms with E-state index in [-0.39, 0.29) is 22.5 Å². The van der Waals surface area contributed by atoms with E-state index in [1.54, 1.807) is 0 Å². The standard InChI is InChI=1S/C9H11ClN6O/c10-6-3-4(1-2-5(6)7(11)17)15-9(14)16-8(12)13/h1-3H,(H2,11,17)(H6,12,13,14,15,16). The van der Waals surface area contributed by atoms with E-state index < -0.39 is 5.91 Å². The molecule has 0 aliphatic heterocycles. The second-order valence-electron chi connectivity index (χ2n) is 3.04. The van der Waals surface area contributed by atoms with Gasteiger partial charge in [-0.2, -0.15) is 4.99 Å². The van der Waals surface area contributed by atoms with E-state index in [1.165, 1.54) is 18.2 Å². The molecule has 0 spiro atoms. The summed E-state index contributed by atoms with van der Waals surface area (Å²) in [4.78, 5) is 18.3. The Morgan fingerprint density at radius 2 is 1.82 bits per heavy atom. The molecule has 0 heterocycles. The van der Waals surface area contributed by atoms with Crippen LogP contribution in [-0.4, -0.2) is 17.8 Å². The van der Waals surface area contributed by atoms with Gasteiger partial charge >= 0.3 is 0 Å². The summed E-state index contributed by atoms with van der Waals surface area (Å²) in [6, 6.07) is 4.38. The van der Waals surface area contributed by atoms with Crippen LogP contribution < -0.4 is 22.9 Å². The average Bonchev–Trinajstić information content (AvgIpc) is 2.15. The lowest BCUT2D eigenvalue weighted by Crippen LogP contribution is -2.26. The number of rotatable bonds is 2. The number of amides is 1. The zero-order chi connectivity index (χ0) is 13.0. The Kier molecular flexibility index (Phi) is 3.89. The third-order valence-corrected chi connectivity index (χ3v) is 2.02. The molecule has 90 valence electrons. The van der Waals surface area contributed by atoms with Crippen molar-refractivity contribution in [2.45, 2.75) is 0 Å². The monoisotopic (exact) mass is 254 g/mol. The molecule has 0 radical (unpaired) electrons. The van der Waals surface area contributed by atoms with Gasteiger partial charge in [-0.3, -0.25) is 4.79 Å². The summed E-state index contributed by atoms with van der Waals surface area (Å²) in [5.41, 5.74) is 21.4. The van der Waals surface area contributed by atoms with Crippen LogP contribution in [0.2, 0.25) is 5.02 Å². The number of aliphatic imine (C=N–C) groups is 2. The van der Waals surface area contributed by atoms with E-state index in [9.17, 15) is 4.79 Å². The number of halogens is 1. The second kappa shape index (κ2) is 5.17. The molecule has 0 unspecified atom stereocenters. The largest absolute Gasteiger partial charge is 0.370 e. The van der Waals surface area contributed by atoms with Crippen molar-refractivity contribution in [3.8, 4) is 0 Å². The minimum atomic E-state index is -0.622. The molecule has 1 aromatic rings. The van der Waals surface area contributed by atoms with Gasteiger partial charge in [0.1, 0.15) is 0 Å². The van der Waals surface area contributed by atoms with Gasteiger partial charge in [0.05, 0.1) is 16.3 Å². The lowest BCUT2D eigenvalue weighted by Gasteiger charge is -2.01. The number of hydrogen-bond acceptors (Lipinski definition) is 2. The first-order chi connectivity index (χ1) is 7.90. The van der Waals surface area contributed by atoms with Crippen LogP contribution in [0.1, 0.15) is 10.4 Å². The third-order valence-electron chi connectivity index (χ3n) is 1.71. The number of carbonyl (C=O) groups is 1. The SMILES string of the molecule is NC(=O)c1ccc(N=C(N)N=C(N)N)cc1Cl. The number of carbonyl (C=O) groups excluding carboxylic acids is 1. The third kappa shape index (κ3) is 3.65. The second-order valence-corrected chi connectivity index (χ2v) is 3.44. The molecule has 17 heavy (non-hydrogen) atoms. The zero-order valence-corrected chi connectivity index (χ0v) is 9.48. The van der Waals surface area contributed by atoms with E-state index in [0.29, 0.717) is 5.69 Å². The predicted octanol–water partition coefficient (Wildman–Crippen LogP) is -0.342. The first-order valence-electron chi connectivity index (χ1n) is 4.43. The minimum Gasteiger partial charge on any atom is -0.370 e. The number of nitrogens with zero attached hydrogens (tertiary/aromatic N) is 2. The summed E-state index contributed by atoms with van der Waals surface area (Å²) in [6.07, 6.45) is 0. The zero-order valence-electron chi connectivity index (χ0n) is 8.72. The lowest BCUT2D eigenvalue weighted by molar-refractivity contribution is 0.100. The maximum Gasteiger partial charge on any atom is 0.250 e. The maximum absolute atomic E-state index is 10.9. The molecule has 0 atom stereocenters. The summed E-state index contributed by atoms with van der Waals surface area (Å²) in [6.45, 7) is 0. The van der Waals surface area contributed by atoms with Crippen LogP contribution in [0.4, 0.5) is 5.69 Å². The molecule has 8 N–H and O–H groups in total. The van der Waals surface area contributed by atoms with Crippen molar-refractivity contribution < 1.29 is 4.79 Å². The molecule has 0 saturated carbocycles. The van der Waals surface area contributed by atoms with Crippen molar-refractivity contribution in [3.05, 3.63) is 28.8 Å². The Hall–Kier alpha value is -2.28. The van der Waals surface area contributed by atoms with Gasteiger partial charge in [-0.15, -0.1) is 0 Å². The van der Waals surface area contributed by atoms with E-state index in [0.717, 1.165) is 0 Å². The van der Waals surface area contributed by atoms with Crippen LogP contribution in [0.3, 0.4) is 0 Å². The molecule has 0 aliphatic carbocycles. The van der Waals surface area contributed by atoms with Crippen molar-refractivity contribution in [3.63, 3.8) is 0 Å². The predicted molar refractivity (Wildman–Crippen MR) is 67.1 cm³/mol. The maximum atomic E-state index is 10.9. The minimum absolute atomic E-state index is 0.118. The molecule has 7 nitrogen and oxygen atoms in total. The highest BCUT2D eigenvalue weighted by Crippen LogP contribution is 2.22.